The van der Waals surface area contributed by atoms with E-state index < -0.39 is 29.7 Å². The summed E-state index contributed by atoms with van der Waals surface area (Å²) in [6.07, 6.45) is 0.969. The molecule has 1 atom stereocenters. The van der Waals surface area contributed by atoms with Gasteiger partial charge in [0.05, 0.1) is 17.7 Å². The van der Waals surface area contributed by atoms with Gasteiger partial charge in [-0.1, -0.05) is 6.07 Å². The van der Waals surface area contributed by atoms with Crippen LogP contribution in [0.5, 0.6) is 0 Å². The molecule has 10 heteroatoms. The number of anilines is 1. The molecule has 4 N–H and O–H groups in total. The minimum absolute atomic E-state index is 0.0714. The number of nitrogens with one attached hydrogen (secondary N) is 2. The Hall–Kier alpha value is -3.27. The molecule has 0 aromatic heterocycles. The second-order valence-corrected chi connectivity index (χ2v) is 6.78. The van der Waals surface area contributed by atoms with Crippen molar-refractivity contribution in [1.29, 1.82) is 0 Å². The molecular formula is C19H22N4O6. The van der Waals surface area contributed by atoms with Crippen LogP contribution in [0.3, 0.4) is 0 Å². The second kappa shape index (κ2) is 8.82. The van der Waals surface area contributed by atoms with Crippen LogP contribution in [0.2, 0.25) is 0 Å². The maximum atomic E-state index is 12.9. The first-order valence-corrected chi connectivity index (χ1v) is 9.34. The third-order valence-corrected chi connectivity index (χ3v) is 4.74. The molecule has 0 saturated carbocycles. The summed E-state index contributed by atoms with van der Waals surface area (Å²) in [4.78, 5) is 60.7. The third-order valence-electron chi connectivity index (χ3n) is 4.74. The largest absolute Gasteiger partial charge is 0.382 e. The molecule has 154 valence electrons. The van der Waals surface area contributed by atoms with E-state index in [2.05, 4.69) is 10.6 Å². The molecule has 2 aliphatic rings. The SMILES string of the molecule is NC(=O)CCCOCCNc1cccc2c1C(=O)N(C1CCC(=O)NC1=O)C2=O. The standard InChI is InChI=1S/C19H22N4O6/c20-14(24)5-2-9-29-10-8-21-12-4-1-3-11-16(12)19(28)23(18(11)27)13-6-7-15(25)22-17(13)26/h1,3-4,13,21H,2,5-10H2,(H2,20,24)(H,22,25,26). The van der Waals surface area contributed by atoms with Gasteiger partial charge in [-0.25, -0.2) is 0 Å². The fraction of sp³-hybridized carbons (Fsp3) is 0.421. The van der Waals surface area contributed by atoms with Crippen molar-refractivity contribution < 1.29 is 28.7 Å². The van der Waals surface area contributed by atoms with Gasteiger partial charge in [0.15, 0.2) is 0 Å². The number of hydrogen-bond acceptors (Lipinski definition) is 7. The monoisotopic (exact) mass is 402 g/mol. The number of carbonyl (C=O) groups excluding carboxylic acids is 5. The molecule has 29 heavy (non-hydrogen) atoms. The van der Waals surface area contributed by atoms with Crippen molar-refractivity contribution in [3.63, 3.8) is 0 Å². The number of primary amides is 1. The summed E-state index contributed by atoms with van der Waals surface area (Å²) in [5.74, 6) is -2.55. The highest BCUT2D eigenvalue weighted by Gasteiger charge is 2.45. The molecule has 1 fully saturated rings. The molecule has 3 rings (SSSR count). The normalized spacial score (nSPS) is 18.6. The number of ether oxygens (including phenoxy) is 1. The Labute approximate surface area is 166 Å². The molecule has 1 aromatic carbocycles. The van der Waals surface area contributed by atoms with E-state index in [-0.39, 0.29) is 36.3 Å². The molecule has 2 aliphatic heterocycles. The van der Waals surface area contributed by atoms with Gasteiger partial charge in [-0.2, -0.15) is 0 Å². The molecule has 1 unspecified atom stereocenters. The zero-order valence-corrected chi connectivity index (χ0v) is 15.7. The fourth-order valence-corrected chi connectivity index (χ4v) is 3.37. The van der Waals surface area contributed by atoms with Crippen molar-refractivity contribution >= 4 is 35.2 Å². The number of rotatable bonds is 9. The molecule has 2 heterocycles. The quantitative estimate of drug-likeness (QED) is 0.382. The van der Waals surface area contributed by atoms with Gasteiger partial charge in [-0.3, -0.25) is 34.2 Å². The van der Waals surface area contributed by atoms with E-state index in [0.29, 0.717) is 31.9 Å². The molecule has 0 radical (unpaired) electrons. The van der Waals surface area contributed by atoms with Gasteiger partial charge in [-0.15, -0.1) is 0 Å². The number of amides is 5. The highest BCUT2D eigenvalue weighted by Crippen LogP contribution is 2.32. The number of nitrogens with two attached hydrogens (primary N) is 1. The Morgan fingerprint density at radius 2 is 2.00 bits per heavy atom. The van der Waals surface area contributed by atoms with Crippen LogP contribution in [0, 0.1) is 0 Å². The van der Waals surface area contributed by atoms with Crippen molar-refractivity contribution in [2.75, 3.05) is 25.1 Å². The molecule has 10 nitrogen and oxygen atoms in total. The Balaban J connectivity index is 1.63. The zero-order chi connectivity index (χ0) is 21.0. The minimum atomic E-state index is -0.999. The van der Waals surface area contributed by atoms with Crippen LogP contribution in [0.15, 0.2) is 18.2 Å². The van der Waals surface area contributed by atoms with Crippen LogP contribution in [0.1, 0.15) is 46.4 Å². The van der Waals surface area contributed by atoms with E-state index in [0.717, 1.165) is 4.90 Å². The van der Waals surface area contributed by atoms with Gasteiger partial charge < -0.3 is 15.8 Å². The molecule has 1 aromatic rings. The van der Waals surface area contributed by atoms with E-state index in [9.17, 15) is 24.0 Å². The van der Waals surface area contributed by atoms with Crippen LogP contribution in [-0.2, 0) is 19.1 Å². The number of imide groups is 2. The molecule has 0 spiro atoms. The van der Waals surface area contributed by atoms with Crippen LogP contribution < -0.4 is 16.4 Å². The fourth-order valence-electron chi connectivity index (χ4n) is 3.37. The Bertz CT molecular complexity index is 868. The van der Waals surface area contributed by atoms with Gasteiger partial charge >= 0.3 is 0 Å². The van der Waals surface area contributed by atoms with Crippen LogP contribution >= 0.6 is 0 Å². The van der Waals surface area contributed by atoms with Gasteiger partial charge in [-0.05, 0) is 25.0 Å². The molecule has 5 amide bonds. The summed E-state index contributed by atoms with van der Waals surface area (Å²) >= 11 is 0. The summed E-state index contributed by atoms with van der Waals surface area (Å²) < 4.78 is 5.40. The summed E-state index contributed by atoms with van der Waals surface area (Å²) in [6.45, 7) is 1.10. The predicted molar refractivity (Wildman–Crippen MR) is 101 cm³/mol. The summed E-state index contributed by atoms with van der Waals surface area (Å²) in [7, 11) is 0. The smallest absolute Gasteiger partial charge is 0.264 e. The van der Waals surface area contributed by atoms with Crippen molar-refractivity contribution in [2.45, 2.75) is 31.7 Å². The van der Waals surface area contributed by atoms with E-state index in [4.69, 9.17) is 10.5 Å². The van der Waals surface area contributed by atoms with Crippen molar-refractivity contribution in [3.05, 3.63) is 29.3 Å². The summed E-state index contributed by atoms with van der Waals surface area (Å²) in [5, 5.41) is 5.24. The van der Waals surface area contributed by atoms with Gasteiger partial charge in [0, 0.05) is 31.7 Å². The van der Waals surface area contributed by atoms with E-state index in [1.165, 1.54) is 6.07 Å². The number of piperidine rings is 1. The van der Waals surface area contributed by atoms with Gasteiger partial charge in [0.2, 0.25) is 17.7 Å². The lowest BCUT2D eigenvalue weighted by molar-refractivity contribution is -0.136. The molecule has 0 aliphatic carbocycles. The molecular weight excluding hydrogens is 380 g/mol. The Morgan fingerprint density at radius 1 is 1.21 bits per heavy atom. The van der Waals surface area contributed by atoms with Crippen molar-refractivity contribution in [1.82, 2.24) is 10.2 Å². The number of carbonyl (C=O) groups is 5. The molecule has 0 bridgehead atoms. The lowest BCUT2D eigenvalue weighted by Gasteiger charge is -2.27. The molecule has 1 saturated heterocycles. The first kappa shape index (κ1) is 20.5. The maximum absolute atomic E-state index is 12.9. The highest BCUT2D eigenvalue weighted by atomic mass is 16.5. The third kappa shape index (κ3) is 4.43. The van der Waals surface area contributed by atoms with Crippen LogP contribution in [-0.4, -0.2) is 60.2 Å². The average molecular weight is 402 g/mol. The van der Waals surface area contributed by atoms with E-state index in [1.54, 1.807) is 12.1 Å². The number of nitrogens with zero attached hydrogens (tertiary/aromatic N) is 1. The minimum Gasteiger partial charge on any atom is -0.382 e. The van der Waals surface area contributed by atoms with Crippen LogP contribution in [0.25, 0.3) is 0 Å². The zero-order valence-electron chi connectivity index (χ0n) is 15.7. The van der Waals surface area contributed by atoms with Crippen LogP contribution in [0.4, 0.5) is 5.69 Å². The number of benzene rings is 1. The maximum Gasteiger partial charge on any atom is 0.264 e. The number of fused-ring (bicyclic) bond motifs is 1. The van der Waals surface area contributed by atoms with E-state index >= 15 is 0 Å². The second-order valence-electron chi connectivity index (χ2n) is 6.78. The highest BCUT2D eigenvalue weighted by molar-refractivity contribution is 6.25. The van der Waals surface area contributed by atoms with Crippen molar-refractivity contribution in [3.8, 4) is 0 Å². The van der Waals surface area contributed by atoms with Gasteiger partial charge in [0.1, 0.15) is 6.04 Å². The first-order chi connectivity index (χ1) is 13.9. The Kier molecular flexibility index (Phi) is 6.23. The Morgan fingerprint density at radius 3 is 2.72 bits per heavy atom. The topological polar surface area (TPSA) is 148 Å². The average Bonchev–Trinajstić information content (AvgIpc) is 2.92. The summed E-state index contributed by atoms with van der Waals surface area (Å²) in [6, 6.07) is 3.85. The lowest BCUT2D eigenvalue weighted by atomic mass is 10.0. The summed E-state index contributed by atoms with van der Waals surface area (Å²) in [5.41, 5.74) is 5.94. The van der Waals surface area contributed by atoms with E-state index in [1.807, 2.05) is 0 Å². The predicted octanol–water partition coefficient (Wildman–Crippen LogP) is -0.218. The lowest BCUT2D eigenvalue weighted by Crippen LogP contribution is -2.54. The van der Waals surface area contributed by atoms with Gasteiger partial charge in [0.25, 0.3) is 11.8 Å². The van der Waals surface area contributed by atoms with Crippen molar-refractivity contribution in [2.24, 2.45) is 5.73 Å². The first-order valence-electron chi connectivity index (χ1n) is 9.34. The number of hydrogen-bond donors (Lipinski definition) is 3.